The van der Waals surface area contributed by atoms with Crippen molar-refractivity contribution in [3.63, 3.8) is 0 Å². The highest BCUT2D eigenvalue weighted by atomic mass is 35.5. The van der Waals surface area contributed by atoms with Gasteiger partial charge in [0.05, 0.1) is 43.0 Å². The van der Waals surface area contributed by atoms with Crippen LogP contribution in [0.3, 0.4) is 0 Å². The van der Waals surface area contributed by atoms with Crippen LogP contribution < -0.4 is 0 Å². The molecule has 1 unspecified atom stereocenters. The molecule has 0 radical (unpaired) electrons. The first-order chi connectivity index (χ1) is 27.6. The van der Waals surface area contributed by atoms with Crippen molar-refractivity contribution in [2.24, 2.45) is 22.7 Å². The fourth-order valence-corrected chi connectivity index (χ4v) is 9.11. The number of ether oxygens (including phenoxy) is 2. The molecule has 0 bridgehead atoms. The van der Waals surface area contributed by atoms with Crippen LogP contribution in [0.4, 0.5) is 30.7 Å². The molecule has 320 valence electrons. The number of esters is 1. The van der Waals surface area contributed by atoms with Crippen LogP contribution >= 0.6 is 11.6 Å². The van der Waals surface area contributed by atoms with E-state index in [1.807, 2.05) is 0 Å². The first kappa shape index (κ1) is 42.9. The van der Waals surface area contributed by atoms with Crippen molar-refractivity contribution < 1.29 is 54.6 Å². The van der Waals surface area contributed by atoms with E-state index in [4.69, 9.17) is 21.1 Å². The Hall–Kier alpha value is -4.18. The van der Waals surface area contributed by atoms with Gasteiger partial charge in [0.1, 0.15) is 16.8 Å². The fourth-order valence-electron chi connectivity index (χ4n) is 8.95. The van der Waals surface area contributed by atoms with E-state index >= 15 is 0 Å². The monoisotopic (exact) mass is 854 g/mol. The highest BCUT2D eigenvalue weighted by molar-refractivity contribution is 6.30. The summed E-state index contributed by atoms with van der Waals surface area (Å²) in [6.07, 6.45) is -6.35. The van der Waals surface area contributed by atoms with Crippen molar-refractivity contribution in [3.05, 3.63) is 87.4 Å². The van der Waals surface area contributed by atoms with Gasteiger partial charge in [-0.15, -0.1) is 0 Å². The largest absolute Gasteiger partial charge is 0.456 e. The minimum Gasteiger partial charge on any atom is -0.456 e. The molecule has 2 aromatic carbocycles. The van der Waals surface area contributed by atoms with Crippen molar-refractivity contribution in [1.82, 2.24) is 19.6 Å². The van der Waals surface area contributed by atoms with Crippen molar-refractivity contribution in [3.8, 4) is 0 Å². The molecule has 2 saturated carbocycles. The SMILES string of the molecule is CC(C)(C)OC(=O)c1c(COCC2CN(C(=O)c3cnn(Cc4ccc(Cl)cc4F)c3)CC23CN(C(=O)C2(C(F)(F)F)CC2)C3)cccc1C1CCC(C(F)(F)F)CC1. The van der Waals surface area contributed by atoms with Crippen molar-refractivity contribution >= 4 is 29.4 Å². The molecule has 59 heavy (non-hydrogen) atoms. The molecule has 17 heteroatoms. The first-order valence-electron chi connectivity index (χ1n) is 19.7. The molecule has 9 nitrogen and oxygen atoms in total. The van der Waals surface area contributed by atoms with Crippen LogP contribution in [0.25, 0.3) is 0 Å². The minimum absolute atomic E-state index is 0.0139. The van der Waals surface area contributed by atoms with Gasteiger partial charge >= 0.3 is 18.3 Å². The van der Waals surface area contributed by atoms with Crippen molar-refractivity contribution in [2.45, 2.75) is 96.3 Å². The number of likely N-dealkylation sites (tertiary alicyclic amines) is 2. The number of alkyl halides is 6. The maximum atomic E-state index is 14.5. The van der Waals surface area contributed by atoms with Crippen LogP contribution in [0.5, 0.6) is 0 Å². The third-order valence-electron chi connectivity index (χ3n) is 12.3. The third kappa shape index (κ3) is 8.85. The lowest BCUT2D eigenvalue weighted by Gasteiger charge is -2.51. The zero-order valence-corrected chi connectivity index (χ0v) is 33.7. The van der Waals surface area contributed by atoms with Crippen molar-refractivity contribution in [1.29, 1.82) is 0 Å². The molecule has 3 heterocycles. The summed E-state index contributed by atoms with van der Waals surface area (Å²) in [7, 11) is 0. The van der Waals surface area contributed by atoms with E-state index in [2.05, 4.69) is 5.10 Å². The maximum absolute atomic E-state index is 14.5. The standard InChI is InChI=1S/C42H46ClF7N4O5/c1-38(2,3)59-36(56)34-27(5-4-6-32(34)25-7-10-29(11-8-25)41(45,46)47)20-58-21-30-19-52(22-39(30)23-53(24-39)37(57)40(13-14-40)42(48,49)50)35(55)28-16-51-54(18-28)17-26-9-12-31(43)15-33(26)44/h4-6,9,12,15-16,18,25,29-30H,7-8,10-11,13-14,17,19-24H2,1-3H3. The molecular weight excluding hydrogens is 809 g/mol. The van der Waals surface area contributed by atoms with Crippen LogP contribution in [0.1, 0.15) is 103 Å². The van der Waals surface area contributed by atoms with Crippen LogP contribution in [0, 0.1) is 28.5 Å². The molecule has 3 aromatic rings. The molecule has 2 saturated heterocycles. The minimum atomic E-state index is -4.68. The predicted octanol–water partition coefficient (Wildman–Crippen LogP) is 8.98. The number of hydrogen-bond donors (Lipinski definition) is 0. The Labute approximate surface area is 342 Å². The fraction of sp³-hybridized carbons (Fsp3) is 0.571. The lowest BCUT2D eigenvalue weighted by atomic mass is 9.71. The summed E-state index contributed by atoms with van der Waals surface area (Å²) in [6.45, 7) is 5.30. The zero-order valence-electron chi connectivity index (χ0n) is 32.9. The average molecular weight is 855 g/mol. The molecule has 4 aliphatic rings. The lowest BCUT2D eigenvalue weighted by molar-refractivity contribution is -0.205. The van der Waals surface area contributed by atoms with Gasteiger partial charge in [-0.05, 0) is 88.5 Å². The Morgan fingerprint density at radius 2 is 1.59 bits per heavy atom. The molecule has 2 aliphatic heterocycles. The molecule has 1 spiro atoms. The van der Waals surface area contributed by atoms with Gasteiger partial charge in [0.2, 0.25) is 5.91 Å². The van der Waals surface area contributed by atoms with E-state index < -0.39 is 64.2 Å². The lowest BCUT2D eigenvalue weighted by Crippen LogP contribution is -2.65. The smallest absolute Gasteiger partial charge is 0.403 e. The number of nitrogens with zero attached hydrogens (tertiary/aromatic N) is 4. The number of carbonyl (C=O) groups is 3. The van der Waals surface area contributed by atoms with Gasteiger partial charge in [-0.3, -0.25) is 14.3 Å². The first-order valence-corrected chi connectivity index (χ1v) is 20.1. The second kappa shape index (κ2) is 15.7. The van der Waals surface area contributed by atoms with Crippen LogP contribution in [-0.2, 0) is 27.4 Å². The van der Waals surface area contributed by atoms with Gasteiger partial charge in [0, 0.05) is 54.3 Å². The van der Waals surface area contributed by atoms with E-state index in [9.17, 15) is 45.1 Å². The second-order valence-corrected chi connectivity index (χ2v) is 18.1. The van der Waals surface area contributed by atoms with E-state index in [-0.39, 0.29) is 107 Å². The number of hydrogen-bond acceptors (Lipinski definition) is 6. The molecule has 2 amide bonds. The molecule has 0 N–H and O–H groups in total. The van der Waals surface area contributed by atoms with Crippen LogP contribution in [0.2, 0.25) is 5.02 Å². The Morgan fingerprint density at radius 1 is 0.915 bits per heavy atom. The van der Waals surface area contributed by atoms with Gasteiger partial charge in [-0.1, -0.05) is 35.9 Å². The highest BCUT2D eigenvalue weighted by Gasteiger charge is 2.71. The number of carbonyl (C=O) groups excluding carboxylic acids is 3. The quantitative estimate of drug-likeness (QED) is 0.149. The summed E-state index contributed by atoms with van der Waals surface area (Å²) in [6, 6.07) is 9.37. The maximum Gasteiger partial charge on any atom is 0.403 e. The van der Waals surface area contributed by atoms with E-state index in [0.29, 0.717) is 16.7 Å². The van der Waals surface area contributed by atoms with Gasteiger partial charge in [-0.2, -0.15) is 31.4 Å². The Balaban J connectivity index is 1.09. The summed E-state index contributed by atoms with van der Waals surface area (Å²) in [5.74, 6) is -4.70. The normalized spacial score (nSPS) is 22.7. The third-order valence-corrected chi connectivity index (χ3v) is 12.6. The molecule has 2 aliphatic carbocycles. The van der Waals surface area contributed by atoms with Gasteiger partial charge in [-0.25, -0.2) is 9.18 Å². The molecular formula is C42H46ClF7N4O5. The highest BCUT2D eigenvalue weighted by Crippen LogP contribution is 2.60. The average Bonchev–Trinajstić information content (AvgIpc) is 3.70. The molecule has 4 fully saturated rings. The Morgan fingerprint density at radius 3 is 2.20 bits per heavy atom. The summed E-state index contributed by atoms with van der Waals surface area (Å²) in [5, 5.41) is 4.46. The second-order valence-electron chi connectivity index (χ2n) is 17.6. The summed E-state index contributed by atoms with van der Waals surface area (Å²) < 4.78 is 110. The summed E-state index contributed by atoms with van der Waals surface area (Å²) in [5.41, 5.74) is -2.26. The van der Waals surface area contributed by atoms with E-state index in [0.717, 1.165) is 0 Å². The molecule has 1 aromatic heterocycles. The van der Waals surface area contributed by atoms with Gasteiger partial charge in [0.15, 0.2) is 0 Å². The van der Waals surface area contributed by atoms with E-state index in [1.54, 1.807) is 43.9 Å². The van der Waals surface area contributed by atoms with E-state index in [1.165, 1.54) is 40.2 Å². The molecule has 7 rings (SSSR count). The topological polar surface area (TPSA) is 94.0 Å². The Bertz CT molecular complexity index is 2080. The van der Waals surface area contributed by atoms with Gasteiger partial charge in [0.25, 0.3) is 5.91 Å². The zero-order chi connectivity index (χ0) is 42.7. The number of benzene rings is 2. The summed E-state index contributed by atoms with van der Waals surface area (Å²) in [4.78, 5) is 43.6. The Kier molecular flexibility index (Phi) is 11.4. The predicted molar refractivity (Wildman–Crippen MR) is 201 cm³/mol. The van der Waals surface area contributed by atoms with Gasteiger partial charge < -0.3 is 19.3 Å². The van der Waals surface area contributed by atoms with Crippen LogP contribution in [0.15, 0.2) is 48.8 Å². The summed E-state index contributed by atoms with van der Waals surface area (Å²) >= 11 is 5.87. The number of halogens is 8. The van der Waals surface area contributed by atoms with Crippen molar-refractivity contribution in [2.75, 3.05) is 32.8 Å². The van der Waals surface area contributed by atoms with Crippen LogP contribution in [-0.4, -0.2) is 88.1 Å². The number of amides is 2. The molecule has 1 atom stereocenters. The number of rotatable bonds is 10. The number of aromatic nitrogens is 2.